The average Bonchev–Trinajstić information content (AvgIpc) is 2.65. The molecule has 1 aromatic heterocycles. The molecule has 1 aromatic rings. The van der Waals surface area contributed by atoms with Gasteiger partial charge < -0.3 is 4.57 Å². The Balaban J connectivity index is 2.03. The van der Waals surface area contributed by atoms with Gasteiger partial charge in [-0.15, -0.1) is 0 Å². The van der Waals surface area contributed by atoms with Crippen LogP contribution in [0, 0.1) is 13.8 Å². The van der Waals surface area contributed by atoms with Crippen LogP contribution in [0.1, 0.15) is 67.2 Å². The number of hydrogen-bond acceptors (Lipinski definition) is 2. The van der Waals surface area contributed by atoms with E-state index < -0.39 is 0 Å². The highest BCUT2D eigenvalue weighted by atomic mass is 16.1. The van der Waals surface area contributed by atoms with Crippen molar-refractivity contribution in [3.63, 3.8) is 0 Å². The highest BCUT2D eigenvalue weighted by molar-refractivity contribution is 5.99. The summed E-state index contributed by atoms with van der Waals surface area (Å²) < 4.78 is 2.22. The molecule has 2 rings (SSSR count). The molecule has 0 saturated heterocycles. The fraction of sp³-hybridized carbons (Fsp3) is 0.722. The Labute approximate surface area is 129 Å². The van der Waals surface area contributed by atoms with Gasteiger partial charge in [-0.25, -0.2) is 0 Å². The SMILES string of the molecule is CCn1c(C)cc(C(=O)CN(C)C2CCCCCC2)c1C. The number of hydrogen-bond donors (Lipinski definition) is 0. The van der Waals surface area contributed by atoms with E-state index in [0.29, 0.717) is 12.6 Å². The van der Waals surface area contributed by atoms with Crippen LogP contribution in [0.3, 0.4) is 0 Å². The molecule has 0 N–H and O–H groups in total. The molecule has 3 heteroatoms. The molecule has 0 atom stereocenters. The lowest BCUT2D eigenvalue weighted by Crippen LogP contribution is -2.35. The van der Waals surface area contributed by atoms with E-state index in [4.69, 9.17) is 0 Å². The first-order valence-corrected chi connectivity index (χ1v) is 8.44. The number of ketones is 1. The van der Waals surface area contributed by atoms with Crippen LogP contribution in [0.4, 0.5) is 0 Å². The second-order valence-electron chi connectivity index (χ2n) is 6.51. The lowest BCUT2D eigenvalue weighted by atomic mass is 10.1. The minimum Gasteiger partial charge on any atom is -0.349 e. The molecule has 3 nitrogen and oxygen atoms in total. The number of likely N-dealkylation sites (N-methyl/N-ethyl adjacent to an activating group) is 1. The summed E-state index contributed by atoms with van der Waals surface area (Å²) in [6.45, 7) is 7.77. The molecule has 21 heavy (non-hydrogen) atoms. The number of carbonyl (C=O) groups excluding carboxylic acids is 1. The Bertz CT molecular complexity index is 482. The summed E-state index contributed by atoms with van der Waals surface area (Å²) in [5.41, 5.74) is 3.22. The zero-order valence-corrected chi connectivity index (χ0v) is 14.1. The summed E-state index contributed by atoms with van der Waals surface area (Å²) in [6.07, 6.45) is 7.84. The smallest absolute Gasteiger partial charge is 0.178 e. The van der Waals surface area contributed by atoms with Crippen molar-refractivity contribution in [2.24, 2.45) is 0 Å². The van der Waals surface area contributed by atoms with Crippen molar-refractivity contribution < 1.29 is 4.79 Å². The predicted molar refractivity (Wildman–Crippen MR) is 88.0 cm³/mol. The molecule has 0 spiro atoms. The second-order valence-corrected chi connectivity index (χ2v) is 6.51. The Morgan fingerprint density at radius 1 is 1.24 bits per heavy atom. The van der Waals surface area contributed by atoms with E-state index in [9.17, 15) is 4.79 Å². The van der Waals surface area contributed by atoms with Crippen molar-refractivity contribution in [2.75, 3.05) is 13.6 Å². The highest BCUT2D eigenvalue weighted by Gasteiger charge is 2.21. The van der Waals surface area contributed by atoms with Crippen molar-refractivity contribution in [1.82, 2.24) is 9.47 Å². The minimum absolute atomic E-state index is 0.273. The molecule has 118 valence electrons. The molecule has 0 aliphatic heterocycles. The lowest BCUT2D eigenvalue weighted by molar-refractivity contribution is 0.0911. The Morgan fingerprint density at radius 3 is 2.38 bits per heavy atom. The third-order valence-corrected chi connectivity index (χ3v) is 5.03. The zero-order valence-electron chi connectivity index (χ0n) is 14.1. The van der Waals surface area contributed by atoms with E-state index in [1.54, 1.807) is 0 Å². The zero-order chi connectivity index (χ0) is 15.4. The Kier molecular flexibility index (Phi) is 5.63. The monoisotopic (exact) mass is 290 g/mol. The summed E-state index contributed by atoms with van der Waals surface area (Å²) >= 11 is 0. The third kappa shape index (κ3) is 3.76. The number of carbonyl (C=O) groups is 1. The largest absolute Gasteiger partial charge is 0.349 e. The van der Waals surface area contributed by atoms with Gasteiger partial charge in [-0.3, -0.25) is 9.69 Å². The van der Waals surface area contributed by atoms with Crippen LogP contribution in [0.5, 0.6) is 0 Å². The second kappa shape index (κ2) is 7.26. The number of nitrogens with zero attached hydrogens (tertiary/aromatic N) is 2. The normalized spacial score (nSPS) is 17.2. The molecule has 0 aromatic carbocycles. The van der Waals surface area contributed by atoms with Crippen LogP contribution in [0.25, 0.3) is 0 Å². The van der Waals surface area contributed by atoms with Gasteiger partial charge in [0, 0.05) is 29.5 Å². The first kappa shape index (κ1) is 16.3. The summed E-state index contributed by atoms with van der Waals surface area (Å²) in [5.74, 6) is 0.273. The highest BCUT2D eigenvalue weighted by Crippen LogP contribution is 2.22. The van der Waals surface area contributed by atoms with Crippen LogP contribution in [0.15, 0.2) is 6.07 Å². The van der Waals surface area contributed by atoms with Gasteiger partial charge >= 0.3 is 0 Å². The average molecular weight is 290 g/mol. The van der Waals surface area contributed by atoms with Gasteiger partial charge in [0.05, 0.1) is 6.54 Å². The molecular formula is C18H30N2O. The van der Waals surface area contributed by atoms with Crippen LogP contribution < -0.4 is 0 Å². The Morgan fingerprint density at radius 2 is 1.86 bits per heavy atom. The molecule has 1 aliphatic carbocycles. The number of Topliss-reactive ketones (excluding diaryl/α,β-unsaturated/α-hetero) is 1. The first-order chi connectivity index (χ1) is 10.0. The molecule has 0 bridgehead atoms. The van der Waals surface area contributed by atoms with Gasteiger partial charge in [-0.2, -0.15) is 0 Å². The maximum absolute atomic E-state index is 12.6. The van der Waals surface area contributed by atoms with Crippen molar-refractivity contribution in [3.8, 4) is 0 Å². The van der Waals surface area contributed by atoms with Crippen molar-refractivity contribution in [1.29, 1.82) is 0 Å². The molecule has 0 unspecified atom stereocenters. The minimum atomic E-state index is 0.273. The van der Waals surface area contributed by atoms with Crippen LogP contribution in [-0.4, -0.2) is 34.9 Å². The maximum atomic E-state index is 12.6. The van der Waals surface area contributed by atoms with Gasteiger partial charge in [0.1, 0.15) is 0 Å². The van der Waals surface area contributed by atoms with E-state index in [1.807, 2.05) is 0 Å². The van der Waals surface area contributed by atoms with E-state index in [0.717, 1.165) is 17.8 Å². The molecule has 0 radical (unpaired) electrons. The predicted octanol–water partition coefficient (Wildman–Crippen LogP) is 3.96. The van der Waals surface area contributed by atoms with Crippen molar-refractivity contribution >= 4 is 5.78 Å². The molecular weight excluding hydrogens is 260 g/mol. The van der Waals surface area contributed by atoms with Gasteiger partial charge in [0.2, 0.25) is 0 Å². The molecule has 1 saturated carbocycles. The number of rotatable bonds is 5. The van der Waals surface area contributed by atoms with Crippen molar-refractivity contribution in [3.05, 3.63) is 23.0 Å². The van der Waals surface area contributed by atoms with E-state index >= 15 is 0 Å². The number of aryl methyl sites for hydroxylation is 1. The van der Waals surface area contributed by atoms with Crippen LogP contribution >= 0.6 is 0 Å². The molecule has 0 amide bonds. The van der Waals surface area contributed by atoms with Crippen LogP contribution in [0.2, 0.25) is 0 Å². The topological polar surface area (TPSA) is 25.2 Å². The molecule has 1 fully saturated rings. The standard InChI is InChI=1S/C18H30N2O/c1-5-20-14(2)12-17(15(20)3)18(21)13-19(4)16-10-8-6-7-9-11-16/h12,16H,5-11,13H2,1-4H3. The summed E-state index contributed by atoms with van der Waals surface area (Å²) in [6, 6.07) is 2.65. The fourth-order valence-electron chi connectivity index (χ4n) is 3.71. The third-order valence-electron chi connectivity index (χ3n) is 5.03. The van der Waals surface area contributed by atoms with Gasteiger partial charge in [0.25, 0.3) is 0 Å². The Hall–Kier alpha value is -1.09. The van der Waals surface area contributed by atoms with Crippen molar-refractivity contribution in [2.45, 2.75) is 71.9 Å². The number of aromatic nitrogens is 1. The van der Waals surface area contributed by atoms with E-state index in [2.05, 4.69) is 43.4 Å². The fourth-order valence-corrected chi connectivity index (χ4v) is 3.71. The van der Waals surface area contributed by atoms with E-state index in [-0.39, 0.29) is 5.78 Å². The van der Waals surface area contributed by atoms with Crippen LogP contribution in [-0.2, 0) is 6.54 Å². The lowest BCUT2D eigenvalue weighted by Gasteiger charge is -2.26. The summed E-state index contributed by atoms with van der Waals surface area (Å²) in [5, 5.41) is 0. The van der Waals surface area contributed by atoms with Gasteiger partial charge in [-0.05, 0) is 46.7 Å². The quantitative estimate of drug-likeness (QED) is 0.606. The van der Waals surface area contributed by atoms with Gasteiger partial charge in [0.15, 0.2) is 5.78 Å². The summed E-state index contributed by atoms with van der Waals surface area (Å²) in [4.78, 5) is 14.9. The maximum Gasteiger partial charge on any atom is 0.178 e. The summed E-state index contributed by atoms with van der Waals surface area (Å²) in [7, 11) is 2.12. The van der Waals surface area contributed by atoms with Gasteiger partial charge in [-0.1, -0.05) is 25.7 Å². The molecule has 1 aliphatic rings. The van der Waals surface area contributed by atoms with E-state index in [1.165, 1.54) is 44.2 Å². The first-order valence-electron chi connectivity index (χ1n) is 8.44. The molecule has 1 heterocycles.